The summed E-state index contributed by atoms with van der Waals surface area (Å²) in [5.41, 5.74) is 0.645. The van der Waals surface area contributed by atoms with Crippen LogP contribution in [0.2, 0.25) is 0 Å². The van der Waals surface area contributed by atoms with Gasteiger partial charge in [0.25, 0.3) is 11.5 Å². The number of hydrogen-bond acceptors (Lipinski definition) is 6. The normalized spacial score (nSPS) is 27.3. The molecule has 1 unspecified atom stereocenters. The van der Waals surface area contributed by atoms with Crippen LogP contribution in [0.1, 0.15) is 38.3 Å². The molecule has 1 aromatic heterocycles. The van der Waals surface area contributed by atoms with Crippen LogP contribution in [0.25, 0.3) is 0 Å². The number of aliphatic imine (C=N–C) groups is 1. The van der Waals surface area contributed by atoms with Gasteiger partial charge < -0.3 is 14.8 Å². The number of carbonyl (C=O) groups is 1. The second kappa shape index (κ2) is 7.47. The summed E-state index contributed by atoms with van der Waals surface area (Å²) < 4.78 is 15.8. The lowest BCUT2D eigenvalue weighted by Gasteiger charge is -2.31. The van der Waals surface area contributed by atoms with E-state index in [0.29, 0.717) is 42.4 Å². The molecular weight excluding hydrogens is 375 g/mol. The molecular formula is C20H25FN6O2. The maximum atomic E-state index is 14.4. The minimum absolute atomic E-state index is 0.0639. The van der Waals surface area contributed by atoms with E-state index >= 15 is 0 Å². The maximum Gasteiger partial charge on any atom is 0.256 e. The Morgan fingerprint density at radius 2 is 2.14 bits per heavy atom. The molecule has 3 aliphatic heterocycles. The van der Waals surface area contributed by atoms with Crippen molar-refractivity contribution in [2.24, 2.45) is 16.8 Å². The van der Waals surface area contributed by atoms with Crippen LogP contribution in [0.5, 0.6) is 0 Å². The van der Waals surface area contributed by atoms with Crippen molar-refractivity contribution in [2.45, 2.75) is 39.3 Å². The van der Waals surface area contributed by atoms with Crippen LogP contribution in [-0.4, -0.2) is 39.3 Å². The predicted molar refractivity (Wildman–Crippen MR) is 107 cm³/mol. The van der Waals surface area contributed by atoms with Gasteiger partial charge in [-0.05, 0) is 37.8 Å². The van der Waals surface area contributed by atoms with Gasteiger partial charge in [0.1, 0.15) is 11.7 Å². The van der Waals surface area contributed by atoms with E-state index in [9.17, 15) is 14.0 Å². The monoisotopic (exact) mass is 400 g/mol. The number of rotatable bonds is 0. The van der Waals surface area contributed by atoms with E-state index in [-0.39, 0.29) is 23.4 Å². The van der Waals surface area contributed by atoms with E-state index in [2.05, 4.69) is 10.3 Å². The van der Waals surface area contributed by atoms with Gasteiger partial charge in [0.2, 0.25) is 0 Å². The third-order valence-corrected chi connectivity index (χ3v) is 5.63. The number of amides is 1. The van der Waals surface area contributed by atoms with Crippen molar-refractivity contribution in [1.82, 2.24) is 19.8 Å². The molecule has 1 aromatic rings. The molecule has 9 heteroatoms. The van der Waals surface area contributed by atoms with E-state index < -0.39 is 5.82 Å². The fourth-order valence-corrected chi connectivity index (χ4v) is 4.12. The summed E-state index contributed by atoms with van der Waals surface area (Å²) in [6, 6.07) is 1.07. The van der Waals surface area contributed by atoms with Crippen molar-refractivity contribution in [3.8, 4) is 0 Å². The third-order valence-electron chi connectivity index (χ3n) is 5.63. The van der Waals surface area contributed by atoms with E-state index in [1.807, 2.05) is 11.8 Å². The smallest absolute Gasteiger partial charge is 0.256 e. The number of hydrogen-bond donors (Lipinski definition) is 2. The van der Waals surface area contributed by atoms with Gasteiger partial charge in [-0.3, -0.25) is 14.6 Å². The fourth-order valence-electron chi connectivity index (χ4n) is 4.12. The summed E-state index contributed by atoms with van der Waals surface area (Å²) >= 11 is 0. The summed E-state index contributed by atoms with van der Waals surface area (Å²) in [7, 11) is 0. The standard InChI is InChI=1S/C20H25FN6O2/c1-12-9-23-19(28)13(2)18-24-17(5-7-27(18)22)26-6-3-4-16(26)15-8-14(21)11-25(10-12)20(15)29/h5,7-8,11-12,16H,3-4,6,9-10,22H2,1-2H3,(H,23,28)/b18-13+/t12-,16?/m0/s1. The Morgan fingerprint density at radius 3 is 2.93 bits per heavy atom. The quantitative estimate of drug-likeness (QED) is 0.639. The molecule has 3 aliphatic rings. The lowest BCUT2D eigenvalue weighted by Crippen LogP contribution is -2.40. The Labute approximate surface area is 168 Å². The molecule has 4 heterocycles. The molecule has 154 valence electrons. The van der Waals surface area contributed by atoms with Crippen molar-refractivity contribution in [3.63, 3.8) is 0 Å². The number of fused-ring (bicyclic) bond motifs is 6. The van der Waals surface area contributed by atoms with Crippen molar-refractivity contribution in [2.75, 3.05) is 13.1 Å². The highest BCUT2D eigenvalue weighted by Crippen LogP contribution is 2.32. The second-order valence-corrected chi connectivity index (χ2v) is 7.88. The zero-order valence-electron chi connectivity index (χ0n) is 16.6. The maximum absolute atomic E-state index is 14.4. The third kappa shape index (κ3) is 3.57. The molecule has 4 rings (SSSR count). The zero-order valence-corrected chi connectivity index (χ0v) is 16.6. The molecule has 3 N–H and O–H groups in total. The first-order valence-electron chi connectivity index (χ1n) is 9.81. The summed E-state index contributed by atoms with van der Waals surface area (Å²) in [6.07, 6.45) is 6.21. The first kappa shape index (κ1) is 19.4. The number of pyridine rings is 1. The Bertz CT molecular complexity index is 995. The van der Waals surface area contributed by atoms with Gasteiger partial charge in [-0.2, -0.15) is 0 Å². The lowest BCUT2D eigenvalue weighted by molar-refractivity contribution is -0.117. The Kier molecular flexibility index (Phi) is 4.99. The second-order valence-electron chi connectivity index (χ2n) is 7.88. The Morgan fingerprint density at radius 1 is 1.34 bits per heavy atom. The SMILES string of the molecule is C/C1=C2/N=C(C=CN2N)N2CCCC2c2cc(F)cn(c2=O)C[C@@H](C)CNC1=O. The topological polar surface area (TPSA) is 96.0 Å². The van der Waals surface area contributed by atoms with Crippen molar-refractivity contribution >= 4 is 11.7 Å². The van der Waals surface area contributed by atoms with E-state index in [1.165, 1.54) is 21.8 Å². The zero-order chi connectivity index (χ0) is 20.7. The fraction of sp³-hybridized carbons (Fsp3) is 0.450. The summed E-state index contributed by atoms with van der Waals surface area (Å²) in [5, 5.41) is 4.17. The number of carbonyl (C=O) groups excluding carboxylic acids is 1. The highest BCUT2D eigenvalue weighted by molar-refractivity contribution is 5.97. The van der Waals surface area contributed by atoms with Gasteiger partial charge in [-0.1, -0.05) is 6.92 Å². The molecule has 4 bridgehead atoms. The number of nitrogens with one attached hydrogen (secondary N) is 1. The van der Waals surface area contributed by atoms with E-state index in [1.54, 1.807) is 19.2 Å². The van der Waals surface area contributed by atoms with Gasteiger partial charge >= 0.3 is 0 Å². The van der Waals surface area contributed by atoms with E-state index in [4.69, 9.17) is 5.84 Å². The van der Waals surface area contributed by atoms with Crippen LogP contribution in [0.3, 0.4) is 0 Å². The number of nitrogens with two attached hydrogens (primary N) is 1. The number of hydrazine groups is 1. The van der Waals surface area contributed by atoms with Gasteiger partial charge in [0.05, 0.1) is 11.6 Å². The molecule has 1 amide bonds. The van der Waals surface area contributed by atoms with Crippen molar-refractivity contribution in [3.05, 3.63) is 57.7 Å². The van der Waals surface area contributed by atoms with Crippen molar-refractivity contribution in [1.29, 1.82) is 0 Å². The molecule has 8 nitrogen and oxygen atoms in total. The van der Waals surface area contributed by atoms with Crippen LogP contribution in [0.4, 0.5) is 4.39 Å². The number of aromatic nitrogens is 1. The molecule has 0 radical (unpaired) electrons. The largest absolute Gasteiger partial charge is 0.352 e. The van der Waals surface area contributed by atoms with Crippen LogP contribution in [0.15, 0.2) is 45.7 Å². The Hall–Kier alpha value is -2.94. The van der Waals surface area contributed by atoms with Crippen LogP contribution in [0, 0.1) is 11.7 Å². The van der Waals surface area contributed by atoms with Gasteiger partial charge in [0, 0.05) is 37.6 Å². The van der Waals surface area contributed by atoms with Crippen LogP contribution in [-0.2, 0) is 11.3 Å². The molecule has 0 saturated carbocycles. The number of nitrogens with zero attached hydrogens (tertiary/aromatic N) is 4. The molecule has 1 fully saturated rings. The molecule has 29 heavy (non-hydrogen) atoms. The number of halogens is 1. The molecule has 0 spiro atoms. The average Bonchev–Trinajstić information content (AvgIpc) is 3.17. The predicted octanol–water partition coefficient (Wildman–Crippen LogP) is 1.22. The highest BCUT2D eigenvalue weighted by Gasteiger charge is 2.32. The minimum atomic E-state index is -0.444. The Balaban J connectivity index is 1.87. The van der Waals surface area contributed by atoms with Crippen LogP contribution >= 0.6 is 0 Å². The van der Waals surface area contributed by atoms with Gasteiger partial charge in [-0.25, -0.2) is 15.2 Å². The lowest BCUT2D eigenvalue weighted by atomic mass is 10.0. The van der Waals surface area contributed by atoms with Gasteiger partial charge in [0.15, 0.2) is 5.82 Å². The summed E-state index contributed by atoms with van der Waals surface area (Å²) in [6.45, 7) is 4.93. The van der Waals surface area contributed by atoms with Gasteiger partial charge in [-0.15, -0.1) is 0 Å². The first-order chi connectivity index (χ1) is 13.8. The molecule has 0 aliphatic carbocycles. The molecule has 2 atom stereocenters. The summed E-state index contributed by atoms with van der Waals surface area (Å²) in [5.74, 6) is 6.19. The van der Waals surface area contributed by atoms with Crippen molar-refractivity contribution < 1.29 is 9.18 Å². The minimum Gasteiger partial charge on any atom is -0.352 e. The molecule has 1 saturated heterocycles. The van der Waals surface area contributed by atoms with E-state index in [0.717, 1.165) is 12.8 Å². The molecule has 0 aromatic carbocycles. The first-order valence-corrected chi connectivity index (χ1v) is 9.81. The number of amidine groups is 1. The summed E-state index contributed by atoms with van der Waals surface area (Å²) in [4.78, 5) is 32.3. The average molecular weight is 400 g/mol. The van der Waals surface area contributed by atoms with Crippen LogP contribution < -0.4 is 16.7 Å². The highest BCUT2D eigenvalue weighted by atomic mass is 19.1.